The Morgan fingerprint density at radius 3 is 2.81 bits per heavy atom. The molecule has 1 aliphatic rings. The van der Waals surface area contributed by atoms with Crippen molar-refractivity contribution in [1.82, 2.24) is 0 Å². The lowest BCUT2D eigenvalue weighted by atomic mass is 9.90. The van der Waals surface area contributed by atoms with Gasteiger partial charge in [-0.2, -0.15) is 0 Å². The molecule has 0 atom stereocenters. The van der Waals surface area contributed by atoms with Gasteiger partial charge in [0.1, 0.15) is 18.2 Å². The molecule has 108 valence electrons. The van der Waals surface area contributed by atoms with Gasteiger partial charge >= 0.3 is 0 Å². The van der Waals surface area contributed by atoms with E-state index in [4.69, 9.17) is 4.74 Å². The zero-order valence-electron chi connectivity index (χ0n) is 11.4. The van der Waals surface area contributed by atoms with Crippen molar-refractivity contribution in [2.75, 3.05) is 0 Å². The molecule has 0 aliphatic heterocycles. The first-order valence-corrected chi connectivity index (χ1v) is 7.65. The Balaban J connectivity index is 1.75. The molecule has 1 aliphatic carbocycles. The Morgan fingerprint density at radius 2 is 2.00 bits per heavy atom. The average Bonchev–Trinajstić information content (AvgIpc) is 2.46. The number of carbonyl (C=O) groups is 1. The fourth-order valence-corrected chi connectivity index (χ4v) is 2.98. The van der Waals surface area contributed by atoms with E-state index in [2.05, 4.69) is 15.9 Å². The molecule has 0 saturated heterocycles. The molecule has 0 aromatic heterocycles. The number of benzene rings is 2. The van der Waals surface area contributed by atoms with E-state index in [1.807, 2.05) is 18.2 Å². The lowest BCUT2D eigenvalue weighted by Gasteiger charge is -2.16. The standard InChI is InChI=1S/C17H14BrFO2/c18-16-9-13(19)5-4-12(16)10-21-14-6-7-15-11(8-14)2-1-3-17(15)20/h4-9H,1-3,10H2. The molecule has 0 spiro atoms. The largest absolute Gasteiger partial charge is 0.489 e. The van der Waals surface area contributed by atoms with Crippen LogP contribution >= 0.6 is 15.9 Å². The van der Waals surface area contributed by atoms with E-state index in [1.165, 1.54) is 12.1 Å². The fourth-order valence-electron chi connectivity index (χ4n) is 2.51. The third-order valence-corrected chi connectivity index (χ3v) is 4.37. The second-order valence-corrected chi connectivity index (χ2v) is 5.97. The highest BCUT2D eigenvalue weighted by Crippen LogP contribution is 2.26. The summed E-state index contributed by atoms with van der Waals surface area (Å²) in [7, 11) is 0. The van der Waals surface area contributed by atoms with Gasteiger partial charge in [0, 0.05) is 22.0 Å². The number of rotatable bonds is 3. The maximum Gasteiger partial charge on any atom is 0.163 e. The normalized spacial score (nSPS) is 13.9. The van der Waals surface area contributed by atoms with Gasteiger partial charge in [-0.25, -0.2) is 4.39 Å². The van der Waals surface area contributed by atoms with E-state index in [-0.39, 0.29) is 11.6 Å². The van der Waals surface area contributed by atoms with Crippen molar-refractivity contribution in [3.8, 4) is 5.75 Å². The van der Waals surface area contributed by atoms with E-state index < -0.39 is 0 Å². The molecule has 0 saturated carbocycles. The van der Waals surface area contributed by atoms with Gasteiger partial charge in [0.25, 0.3) is 0 Å². The third-order valence-electron chi connectivity index (χ3n) is 3.64. The summed E-state index contributed by atoms with van der Waals surface area (Å²) in [6, 6.07) is 10.1. The highest BCUT2D eigenvalue weighted by Gasteiger charge is 2.17. The molecule has 0 fully saturated rings. The monoisotopic (exact) mass is 348 g/mol. The van der Waals surface area contributed by atoms with Crippen LogP contribution in [0.25, 0.3) is 0 Å². The maximum absolute atomic E-state index is 13.0. The molecule has 0 unspecified atom stereocenters. The summed E-state index contributed by atoms with van der Waals surface area (Å²) in [6.07, 6.45) is 2.45. The molecule has 2 aromatic carbocycles. The van der Waals surface area contributed by atoms with Crippen molar-refractivity contribution >= 4 is 21.7 Å². The van der Waals surface area contributed by atoms with Crippen LogP contribution < -0.4 is 4.74 Å². The molecule has 0 radical (unpaired) electrons. The molecule has 2 aromatic rings. The van der Waals surface area contributed by atoms with Crippen molar-refractivity contribution in [3.63, 3.8) is 0 Å². The molecule has 4 heteroatoms. The summed E-state index contributed by atoms with van der Waals surface area (Å²) >= 11 is 3.32. The zero-order valence-corrected chi connectivity index (χ0v) is 13.0. The topological polar surface area (TPSA) is 26.3 Å². The Labute approximate surface area is 131 Å². The predicted molar refractivity (Wildman–Crippen MR) is 82.1 cm³/mol. The first-order chi connectivity index (χ1) is 10.1. The fraction of sp³-hybridized carbons (Fsp3) is 0.235. The van der Waals surface area contributed by atoms with Crippen LogP contribution in [0.3, 0.4) is 0 Å². The van der Waals surface area contributed by atoms with Crippen molar-refractivity contribution in [1.29, 1.82) is 0 Å². The van der Waals surface area contributed by atoms with Crippen LogP contribution in [0.15, 0.2) is 40.9 Å². The van der Waals surface area contributed by atoms with Crippen LogP contribution in [-0.2, 0) is 13.0 Å². The molecule has 0 bridgehead atoms. The van der Waals surface area contributed by atoms with Gasteiger partial charge in [0.05, 0.1) is 0 Å². The SMILES string of the molecule is O=C1CCCc2cc(OCc3ccc(F)cc3Br)ccc21. The minimum atomic E-state index is -0.280. The van der Waals surface area contributed by atoms with Crippen LogP contribution in [0.1, 0.15) is 34.3 Å². The Bertz CT molecular complexity index is 697. The number of Topliss-reactive ketones (excluding diaryl/α,β-unsaturated/α-hetero) is 1. The van der Waals surface area contributed by atoms with Crippen LogP contribution in [-0.4, -0.2) is 5.78 Å². The van der Waals surface area contributed by atoms with Crippen molar-refractivity contribution < 1.29 is 13.9 Å². The van der Waals surface area contributed by atoms with Crippen LogP contribution in [0, 0.1) is 5.82 Å². The Hall–Kier alpha value is -1.68. The maximum atomic E-state index is 13.0. The van der Waals surface area contributed by atoms with Crippen LogP contribution in [0.2, 0.25) is 0 Å². The van der Waals surface area contributed by atoms with Gasteiger partial charge in [-0.15, -0.1) is 0 Å². The molecular weight excluding hydrogens is 335 g/mol. The van der Waals surface area contributed by atoms with E-state index in [9.17, 15) is 9.18 Å². The molecule has 3 rings (SSSR count). The highest BCUT2D eigenvalue weighted by molar-refractivity contribution is 9.10. The minimum Gasteiger partial charge on any atom is -0.489 e. The number of fused-ring (bicyclic) bond motifs is 1. The van der Waals surface area contributed by atoms with Gasteiger partial charge in [0.15, 0.2) is 5.78 Å². The number of hydrogen-bond acceptors (Lipinski definition) is 2. The second-order valence-electron chi connectivity index (χ2n) is 5.12. The predicted octanol–water partition coefficient (Wildman–Crippen LogP) is 4.69. The van der Waals surface area contributed by atoms with Crippen molar-refractivity contribution in [2.24, 2.45) is 0 Å². The number of ketones is 1. The van der Waals surface area contributed by atoms with Gasteiger partial charge in [-0.05, 0) is 48.7 Å². The molecule has 0 heterocycles. The van der Waals surface area contributed by atoms with Gasteiger partial charge in [-0.3, -0.25) is 4.79 Å². The zero-order chi connectivity index (χ0) is 14.8. The van der Waals surface area contributed by atoms with Crippen LogP contribution in [0.5, 0.6) is 5.75 Å². The van der Waals surface area contributed by atoms with Crippen molar-refractivity contribution in [3.05, 3.63) is 63.4 Å². The quantitative estimate of drug-likeness (QED) is 0.804. The summed E-state index contributed by atoms with van der Waals surface area (Å²) < 4.78 is 19.5. The summed E-state index contributed by atoms with van der Waals surface area (Å²) in [5, 5.41) is 0. The lowest BCUT2D eigenvalue weighted by Crippen LogP contribution is -2.10. The van der Waals surface area contributed by atoms with E-state index in [0.29, 0.717) is 17.5 Å². The van der Waals surface area contributed by atoms with E-state index in [0.717, 1.165) is 35.3 Å². The molecule has 0 N–H and O–H groups in total. The number of carbonyl (C=O) groups excluding carboxylic acids is 1. The Kier molecular flexibility index (Phi) is 4.06. The lowest BCUT2D eigenvalue weighted by molar-refractivity contribution is 0.0972. The number of hydrogen-bond donors (Lipinski definition) is 0. The summed E-state index contributed by atoms with van der Waals surface area (Å²) in [5.74, 6) is 0.668. The molecular formula is C17H14BrFO2. The van der Waals surface area contributed by atoms with E-state index >= 15 is 0 Å². The summed E-state index contributed by atoms with van der Waals surface area (Å²) in [6.45, 7) is 0.355. The molecule has 21 heavy (non-hydrogen) atoms. The summed E-state index contributed by atoms with van der Waals surface area (Å²) in [4.78, 5) is 11.8. The second kappa shape index (κ2) is 5.98. The minimum absolute atomic E-state index is 0.212. The number of aryl methyl sites for hydroxylation is 1. The first-order valence-electron chi connectivity index (χ1n) is 6.86. The highest BCUT2D eigenvalue weighted by atomic mass is 79.9. The van der Waals surface area contributed by atoms with Gasteiger partial charge < -0.3 is 4.74 Å². The number of ether oxygens (including phenoxy) is 1. The van der Waals surface area contributed by atoms with Crippen LogP contribution in [0.4, 0.5) is 4.39 Å². The Morgan fingerprint density at radius 1 is 1.14 bits per heavy atom. The first kappa shape index (κ1) is 14.3. The number of halogens is 2. The van der Waals surface area contributed by atoms with Gasteiger partial charge in [-0.1, -0.05) is 22.0 Å². The van der Waals surface area contributed by atoms with Gasteiger partial charge in [0.2, 0.25) is 0 Å². The average molecular weight is 349 g/mol. The third kappa shape index (κ3) is 3.16. The van der Waals surface area contributed by atoms with E-state index in [1.54, 1.807) is 6.07 Å². The molecule has 0 amide bonds. The smallest absolute Gasteiger partial charge is 0.163 e. The van der Waals surface area contributed by atoms with Crippen molar-refractivity contribution in [2.45, 2.75) is 25.9 Å². The summed E-state index contributed by atoms with van der Waals surface area (Å²) in [5.41, 5.74) is 2.75. The molecule has 2 nitrogen and oxygen atoms in total.